The van der Waals surface area contributed by atoms with Gasteiger partial charge in [0.2, 0.25) is 0 Å². The van der Waals surface area contributed by atoms with Gasteiger partial charge in [-0.05, 0) is 48.6 Å². The summed E-state index contributed by atoms with van der Waals surface area (Å²) in [6.07, 6.45) is 3.53. The number of nitrogens with zero attached hydrogens (tertiary/aromatic N) is 1. The number of piperidine rings is 1. The molecule has 0 saturated carbocycles. The molecule has 0 aliphatic carbocycles. The first-order valence-corrected chi connectivity index (χ1v) is 8.58. The molecule has 0 unspecified atom stereocenters. The maximum absolute atomic E-state index is 12.1. The number of carbonyl (C=O) groups is 1. The summed E-state index contributed by atoms with van der Waals surface area (Å²) in [5, 5.41) is 12.0. The van der Waals surface area contributed by atoms with E-state index in [4.69, 9.17) is 0 Å². The van der Waals surface area contributed by atoms with Crippen LogP contribution in [0.4, 0.5) is 5.69 Å². The van der Waals surface area contributed by atoms with Gasteiger partial charge in [-0.3, -0.25) is 9.59 Å². The Morgan fingerprint density at radius 1 is 1.20 bits per heavy atom. The molecule has 0 radical (unpaired) electrons. The standard InChI is InChI=1S/C19H23N3O3/c23-13-15-7-10-22(11-8-15)16-5-3-14(4-6-16)12-21-19(25)17-2-1-9-20-18(17)24/h1-6,9,15,23H,7-8,10-13H2,(H,20,24)(H,21,25). The first kappa shape index (κ1) is 17.2. The molecule has 6 heteroatoms. The molecule has 3 rings (SSSR count). The predicted molar refractivity (Wildman–Crippen MR) is 96.7 cm³/mol. The number of aliphatic hydroxyl groups is 1. The SMILES string of the molecule is O=C(NCc1ccc(N2CCC(CO)CC2)cc1)c1ccc[nH]c1=O. The van der Waals surface area contributed by atoms with Crippen LogP contribution < -0.4 is 15.8 Å². The highest BCUT2D eigenvalue weighted by Gasteiger charge is 2.18. The van der Waals surface area contributed by atoms with Crippen LogP contribution in [-0.2, 0) is 6.54 Å². The zero-order valence-corrected chi connectivity index (χ0v) is 14.1. The number of carbonyl (C=O) groups excluding carboxylic acids is 1. The van der Waals surface area contributed by atoms with Gasteiger partial charge < -0.3 is 20.3 Å². The van der Waals surface area contributed by atoms with E-state index in [1.165, 1.54) is 12.3 Å². The average molecular weight is 341 g/mol. The highest BCUT2D eigenvalue weighted by atomic mass is 16.3. The van der Waals surface area contributed by atoms with Crippen LogP contribution in [0.2, 0.25) is 0 Å². The molecule has 0 atom stereocenters. The predicted octanol–water partition coefficient (Wildman–Crippen LogP) is 1.51. The summed E-state index contributed by atoms with van der Waals surface area (Å²) in [4.78, 5) is 28.5. The molecule has 2 heterocycles. The molecule has 1 aliphatic rings. The van der Waals surface area contributed by atoms with Gasteiger partial charge in [0.05, 0.1) is 0 Å². The lowest BCUT2D eigenvalue weighted by Gasteiger charge is -2.33. The van der Waals surface area contributed by atoms with Gasteiger partial charge in [0.25, 0.3) is 11.5 Å². The van der Waals surface area contributed by atoms with Gasteiger partial charge in [0.15, 0.2) is 0 Å². The van der Waals surface area contributed by atoms with E-state index in [0.717, 1.165) is 37.2 Å². The summed E-state index contributed by atoms with van der Waals surface area (Å²) in [6.45, 7) is 2.56. The molecule has 1 aliphatic heterocycles. The van der Waals surface area contributed by atoms with E-state index >= 15 is 0 Å². The van der Waals surface area contributed by atoms with Crippen molar-refractivity contribution in [2.75, 3.05) is 24.6 Å². The number of rotatable bonds is 5. The van der Waals surface area contributed by atoms with Crippen LogP contribution in [0.5, 0.6) is 0 Å². The van der Waals surface area contributed by atoms with Crippen LogP contribution in [-0.4, -0.2) is 35.7 Å². The summed E-state index contributed by atoms with van der Waals surface area (Å²) >= 11 is 0. The fraction of sp³-hybridized carbons (Fsp3) is 0.368. The molecule has 1 aromatic carbocycles. The average Bonchev–Trinajstić information content (AvgIpc) is 2.67. The first-order chi connectivity index (χ1) is 12.2. The van der Waals surface area contributed by atoms with E-state index in [1.54, 1.807) is 6.07 Å². The molecule has 0 spiro atoms. The number of nitrogens with one attached hydrogen (secondary N) is 2. The minimum Gasteiger partial charge on any atom is -0.396 e. The Labute approximate surface area is 146 Å². The number of hydrogen-bond acceptors (Lipinski definition) is 4. The molecule has 1 fully saturated rings. The van der Waals surface area contributed by atoms with Crippen LogP contribution in [0.1, 0.15) is 28.8 Å². The molecule has 132 valence electrons. The summed E-state index contributed by atoms with van der Waals surface area (Å²) in [5.74, 6) is 0.0453. The second kappa shape index (κ2) is 7.98. The van der Waals surface area contributed by atoms with Crippen LogP contribution in [0.15, 0.2) is 47.4 Å². The Morgan fingerprint density at radius 3 is 2.56 bits per heavy atom. The topological polar surface area (TPSA) is 85.4 Å². The smallest absolute Gasteiger partial charge is 0.260 e. The Bertz CT molecular complexity index is 762. The number of aromatic amines is 1. The lowest BCUT2D eigenvalue weighted by molar-refractivity contribution is 0.0949. The second-order valence-electron chi connectivity index (χ2n) is 6.38. The molecule has 1 saturated heterocycles. The van der Waals surface area contributed by atoms with Crippen molar-refractivity contribution in [2.24, 2.45) is 5.92 Å². The van der Waals surface area contributed by atoms with Gasteiger partial charge in [-0.2, -0.15) is 0 Å². The largest absolute Gasteiger partial charge is 0.396 e. The number of aromatic nitrogens is 1. The van der Waals surface area contributed by atoms with Crippen LogP contribution in [0, 0.1) is 5.92 Å². The summed E-state index contributed by atoms with van der Waals surface area (Å²) < 4.78 is 0. The van der Waals surface area contributed by atoms with E-state index in [0.29, 0.717) is 12.5 Å². The zero-order valence-electron chi connectivity index (χ0n) is 14.1. The summed E-state index contributed by atoms with van der Waals surface area (Å²) in [7, 11) is 0. The Kier molecular flexibility index (Phi) is 5.50. The third-order valence-corrected chi connectivity index (χ3v) is 4.69. The van der Waals surface area contributed by atoms with E-state index in [-0.39, 0.29) is 23.6 Å². The lowest BCUT2D eigenvalue weighted by atomic mass is 9.97. The van der Waals surface area contributed by atoms with E-state index in [1.807, 2.05) is 12.1 Å². The van der Waals surface area contributed by atoms with Crippen molar-refractivity contribution in [3.8, 4) is 0 Å². The number of H-pyrrole nitrogens is 1. The minimum absolute atomic E-state index is 0.117. The van der Waals surface area contributed by atoms with E-state index in [9.17, 15) is 14.7 Å². The molecule has 3 N–H and O–H groups in total. The fourth-order valence-corrected chi connectivity index (χ4v) is 3.08. The monoisotopic (exact) mass is 341 g/mol. The Hall–Kier alpha value is -2.60. The van der Waals surface area contributed by atoms with E-state index in [2.05, 4.69) is 27.3 Å². The Balaban J connectivity index is 1.55. The zero-order chi connectivity index (χ0) is 17.6. The number of anilines is 1. The van der Waals surface area contributed by atoms with Gasteiger partial charge in [-0.15, -0.1) is 0 Å². The van der Waals surface area contributed by atoms with Gasteiger partial charge >= 0.3 is 0 Å². The molecule has 1 aromatic heterocycles. The van der Waals surface area contributed by atoms with Crippen LogP contribution >= 0.6 is 0 Å². The van der Waals surface area contributed by atoms with Crippen molar-refractivity contribution >= 4 is 11.6 Å². The van der Waals surface area contributed by atoms with E-state index < -0.39 is 0 Å². The molecule has 2 aromatic rings. The highest BCUT2D eigenvalue weighted by Crippen LogP contribution is 2.23. The van der Waals surface area contributed by atoms with Crippen molar-refractivity contribution in [3.05, 3.63) is 64.1 Å². The first-order valence-electron chi connectivity index (χ1n) is 8.58. The third kappa shape index (κ3) is 4.28. The van der Waals surface area contributed by atoms with Gasteiger partial charge in [-0.1, -0.05) is 12.1 Å². The number of benzene rings is 1. The molecular weight excluding hydrogens is 318 g/mol. The van der Waals surface area contributed by atoms with Crippen molar-refractivity contribution < 1.29 is 9.90 Å². The number of amides is 1. The summed E-state index contributed by atoms with van der Waals surface area (Å²) in [6, 6.07) is 11.2. The molecule has 6 nitrogen and oxygen atoms in total. The maximum Gasteiger partial charge on any atom is 0.260 e. The number of aliphatic hydroxyl groups excluding tert-OH is 1. The highest BCUT2D eigenvalue weighted by molar-refractivity contribution is 5.93. The number of pyridine rings is 1. The lowest BCUT2D eigenvalue weighted by Crippen LogP contribution is -2.34. The Morgan fingerprint density at radius 2 is 1.92 bits per heavy atom. The normalized spacial score (nSPS) is 15.2. The fourth-order valence-electron chi connectivity index (χ4n) is 3.08. The van der Waals surface area contributed by atoms with Crippen molar-refractivity contribution in [3.63, 3.8) is 0 Å². The molecule has 1 amide bonds. The minimum atomic E-state index is -0.387. The quantitative estimate of drug-likeness (QED) is 0.770. The number of hydrogen-bond donors (Lipinski definition) is 3. The molecular formula is C19H23N3O3. The maximum atomic E-state index is 12.1. The van der Waals surface area contributed by atoms with Crippen LogP contribution in [0.25, 0.3) is 0 Å². The third-order valence-electron chi connectivity index (χ3n) is 4.69. The molecule has 0 bridgehead atoms. The summed E-state index contributed by atoms with van der Waals surface area (Å²) in [5.41, 5.74) is 1.87. The van der Waals surface area contributed by atoms with Gasteiger partial charge in [-0.25, -0.2) is 0 Å². The second-order valence-corrected chi connectivity index (χ2v) is 6.38. The van der Waals surface area contributed by atoms with Crippen molar-refractivity contribution in [2.45, 2.75) is 19.4 Å². The van der Waals surface area contributed by atoms with Crippen molar-refractivity contribution in [1.82, 2.24) is 10.3 Å². The van der Waals surface area contributed by atoms with Crippen LogP contribution in [0.3, 0.4) is 0 Å². The van der Waals surface area contributed by atoms with Gasteiger partial charge in [0, 0.05) is 38.1 Å². The van der Waals surface area contributed by atoms with Gasteiger partial charge in [0.1, 0.15) is 5.56 Å². The molecule has 25 heavy (non-hydrogen) atoms. The van der Waals surface area contributed by atoms with Crippen molar-refractivity contribution in [1.29, 1.82) is 0 Å².